The van der Waals surface area contributed by atoms with Gasteiger partial charge in [-0.1, -0.05) is 31.1 Å². The molecule has 0 spiro atoms. The zero-order chi connectivity index (χ0) is 11.9. The van der Waals surface area contributed by atoms with Crippen LogP contribution in [0.4, 0.5) is 0 Å². The van der Waals surface area contributed by atoms with Crippen LogP contribution in [0.2, 0.25) is 0 Å². The number of hydrogen-bond donors (Lipinski definition) is 1. The van der Waals surface area contributed by atoms with Crippen molar-refractivity contribution in [2.45, 2.75) is 59.5 Å². The van der Waals surface area contributed by atoms with Crippen molar-refractivity contribution in [2.75, 3.05) is 0 Å². The highest BCUT2D eigenvalue weighted by atomic mass is 16.3. The van der Waals surface area contributed by atoms with Crippen molar-refractivity contribution in [3.8, 4) is 0 Å². The van der Waals surface area contributed by atoms with Gasteiger partial charge >= 0.3 is 0 Å². The Hall–Kier alpha value is -0.560. The summed E-state index contributed by atoms with van der Waals surface area (Å²) < 4.78 is 0. The minimum Gasteiger partial charge on any atom is -0.389 e. The van der Waals surface area contributed by atoms with Crippen LogP contribution in [0.1, 0.15) is 53.4 Å². The zero-order valence-electron chi connectivity index (χ0n) is 11.0. The normalized spacial score (nSPS) is 40.2. The molecule has 16 heavy (non-hydrogen) atoms. The van der Waals surface area contributed by atoms with Gasteiger partial charge in [0.05, 0.1) is 6.10 Å². The van der Waals surface area contributed by atoms with Gasteiger partial charge in [-0.3, -0.25) is 0 Å². The lowest BCUT2D eigenvalue weighted by atomic mass is 9.62. The summed E-state index contributed by atoms with van der Waals surface area (Å²) in [5.74, 6) is 0.586. The fourth-order valence-electron chi connectivity index (χ4n) is 3.34. The van der Waals surface area contributed by atoms with E-state index in [1.54, 1.807) is 0 Å². The van der Waals surface area contributed by atoms with Crippen molar-refractivity contribution < 1.29 is 5.11 Å². The molecule has 2 aliphatic rings. The van der Waals surface area contributed by atoms with Crippen molar-refractivity contribution in [1.82, 2.24) is 0 Å². The molecule has 3 atom stereocenters. The van der Waals surface area contributed by atoms with E-state index >= 15 is 0 Å². The van der Waals surface area contributed by atoms with Gasteiger partial charge in [-0.05, 0) is 56.4 Å². The molecule has 0 heterocycles. The van der Waals surface area contributed by atoms with Gasteiger partial charge in [-0.15, -0.1) is 0 Å². The smallest absolute Gasteiger partial charge is 0.0753 e. The van der Waals surface area contributed by atoms with E-state index in [0.717, 1.165) is 19.3 Å². The Morgan fingerprint density at radius 2 is 2.00 bits per heavy atom. The predicted molar refractivity (Wildman–Crippen MR) is 68.2 cm³/mol. The van der Waals surface area contributed by atoms with E-state index in [0.29, 0.717) is 11.3 Å². The van der Waals surface area contributed by atoms with Gasteiger partial charge in [-0.25, -0.2) is 0 Å². The van der Waals surface area contributed by atoms with Crippen molar-refractivity contribution in [3.05, 3.63) is 22.8 Å². The number of allylic oxidation sites excluding steroid dienone is 3. The van der Waals surface area contributed by atoms with E-state index < -0.39 is 0 Å². The van der Waals surface area contributed by atoms with Crippen LogP contribution in [-0.4, -0.2) is 11.2 Å². The molecule has 0 saturated heterocycles. The topological polar surface area (TPSA) is 20.2 Å². The third-order valence-electron chi connectivity index (χ3n) is 4.97. The lowest BCUT2D eigenvalue weighted by molar-refractivity contribution is 0.108. The first-order chi connectivity index (χ1) is 7.45. The number of aliphatic hydroxyl groups is 1. The number of hydrogen-bond acceptors (Lipinski definition) is 1. The molecule has 0 aromatic heterocycles. The first kappa shape index (κ1) is 11.9. The van der Waals surface area contributed by atoms with Crippen molar-refractivity contribution >= 4 is 0 Å². The van der Waals surface area contributed by atoms with Crippen LogP contribution in [-0.2, 0) is 0 Å². The SMILES string of the molecule is CC1=CC[C@]2(C)C(=C(C)[C@@H](O)C[C@H]2C)CC1. The molecule has 2 aliphatic carbocycles. The minimum atomic E-state index is -0.198. The lowest BCUT2D eigenvalue weighted by Crippen LogP contribution is -2.36. The highest BCUT2D eigenvalue weighted by molar-refractivity contribution is 5.31. The van der Waals surface area contributed by atoms with Gasteiger partial charge in [0, 0.05) is 0 Å². The number of aliphatic hydroxyl groups excluding tert-OH is 1. The third-order valence-corrected chi connectivity index (χ3v) is 4.97. The van der Waals surface area contributed by atoms with Crippen molar-refractivity contribution in [1.29, 1.82) is 0 Å². The Morgan fingerprint density at radius 3 is 2.69 bits per heavy atom. The molecule has 0 fully saturated rings. The van der Waals surface area contributed by atoms with Crippen LogP contribution in [0, 0.1) is 11.3 Å². The molecular formula is C15H24O. The number of rotatable bonds is 0. The molecule has 1 N–H and O–H groups in total. The summed E-state index contributed by atoms with van der Waals surface area (Å²) in [6.45, 7) is 9.05. The summed E-state index contributed by atoms with van der Waals surface area (Å²) in [6, 6.07) is 0. The summed E-state index contributed by atoms with van der Waals surface area (Å²) >= 11 is 0. The Bertz CT molecular complexity index is 350. The molecule has 0 aromatic rings. The van der Waals surface area contributed by atoms with Gasteiger partial charge < -0.3 is 5.11 Å². The van der Waals surface area contributed by atoms with Gasteiger partial charge in [-0.2, -0.15) is 0 Å². The van der Waals surface area contributed by atoms with Crippen molar-refractivity contribution in [2.24, 2.45) is 11.3 Å². The van der Waals surface area contributed by atoms with Gasteiger partial charge in [0.25, 0.3) is 0 Å². The summed E-state index contributed by atoms with van der Waals surface area (Å²) in [5.41, 5.74) is 4.59. The Labute approximate surface area is 99.3 Å². The molecule has 0 unspecified atom stereocenters. The first-order valence-corrected chi connectivity index (χ1v) is 6.49. The van der Waals surface area contributed by atoms with E-state index in [-0.39, 0.29) is 6.10 Å². The molecule has 0 aromatic carbocycles. The van der Waals surface area contributed by atoms with Crippen LogP contribution in [0.25, 0.3) is 0 Å². The lowest BCUT2D eigenvalue weighted by Gasteiger charge is -2.44. The fourth-order valence-corrected chi connectivity index (χ4v) is 3.34. The average molecular weight is 220 g/mol. The van der Waals surface area contributed by atoms with Gasteiger partial charge in [0.2, 0.25) is 0 Å². The van der Waals surface area contributed by atoms with E-state index in [9.17, 15) is 5.11 Å². The molecule has 1 heteroatoms. The highest BCUT2D eigenvalue weighted by Gasteiger charge is 2.41. The van der Waals surface area contributed by atoms with E-state index in [2.05, 4.69) is 33.8 Å². The second-order valence-electron chi connectivity index (χ2n) is 5.99. The highest BCUT2D eigenvalue weighted by Crippen LogP contribution is 2.50. The summed E-state index contributed by atoms with van der Waals surface area (Å²) in [7, 11) is 0. The molecule has 0 amide bonds. The van der Waals surface area contributed by atoms with Crippen LogP contribution >= 0.6 is 0 Å². The predicted octanol–water partition coefficient (Wildman–Crippen LogP) is 3.84. The minimum absolute atomic E-state index is 0.198. The summed E-state index contributed by atoms with van der Waals surface area (Å²) in [4.78, 5) is 0. The average Bonchev–Trinajstić information content (AvgIpc) is 2.38. The maximum absolute atomic E-state index is 10.1. The summed E-state index contributed by atoms with van der Waals surface area (Å²) in [5, 5.41) is 10.1. The molecular weight excluding hydrogens is 196 g/mol. The fraction of sp³-hybridized carbons (Fsp3) is 0.733. The van der Waals surface area contributed by atoms with Crippen LogP contribution in [0.15, 0.2) is 22.8 Å². The van der Waals surface area contributed by atoms with Crippen LogP contribution in [0.5, 0.6) is 0 Å². The summed E-state index contributed by atoms with van der Waals surface area (Å²) in [6.07, 6.45) is 6.61. The molecule has 0 aliphatic heterocycles. The molecule has 1 nitrogen and oxygen atoms in total. The standard InChI is InChI=1S/C15H24O/c1-10-5-6-13-12(3)14(16)9-11(2)15(13,4)8-7-10/h7,11,14,16H,5-6,8-9H2,1-4H3/t11-,14+,15+/m1/s1. The second-order valence-corrected chi connectivity index (χ2v) is 5.99. The van der Waals surface area contributed by atoms with Crippen LogP contribution < -0.4 is 0 Å². The Kier molecular flexibility index (Phi) is 3.00. The van der Waals surface area contributed by atoms with Gasteiger partial charge in [0.15, 0.2) is 0 Å². The monoisotopic (exact) mass is 220 g/mol. The van der Waals surface area contributed by atoms with E-state index in [4.69, 9.17) is 0 Å². The number of fused-ring (bicyclic) bond motifs is 1. The molecule has 0 radical (unpaired) electrons. The third kappa shape index (κ3) is 1.75. The maximum atomic E-state index is 10.1. The molecule has 90 valence electrons. The second kappa shape index (κ2) is 4.03. The first-order valence-electron chi connectivity index (χ1n) is 6.49. The van der Waals surface area contributed by atoms with Crippen LogP contribution in [0.3, 0.4) is 0 Å². The van der Waals surface area contributed by atoms with Gasteiger partial charge in [0.1, 0.15) is 0 Å². The maximum Gasteiger partial charge on any atom is 0.0753 e. The quantitative estimate of drug-likeness (QED) is 0.615. The van der Waals surface area contributed by atoms with Crippen molar-refractivity contribution in [3.63, 3.8) is 0 Å². The molecule has 0 saturated carbocycles. The Balaban J connectivity index is 2.45. The molecule has 0 bridgehead atoms. The zero-order valence-corrected chi connectivity index (χ0v) is 11.0. The Morgan fingerprint density at radius 1 is 1.31 bits per heavy atom. The van der Waals surface area contributed by atoms with E-state index in [1.165, 1.54) is 23.1 Å². The van der Waals surface area contributed by atoms with E-state index in [1.807, 2.05) is 0 Å². The molecule has 2 rings (SSSR count). The largest absolute Gasteiger partial charge is 0.389 e.